The lowest BCUT2D eigenvalue weighted by Crippen LogP contribution is -2.04. The molecule has 0 aliphatic rings. The molecular weight excluding hydrogens is 132 g/mol. The topological polar surface area (TPSA) is 46.5 Å². The molecule has 1 N–H and O–H groups in total. The Hall–Kier alpha value is -0.830. The predicted molar refractivity (Wildman–Crippen MR) is 37.9 cm³/mol. The lowest BCUT2D eigenvalue weighted by molar-refractivity contribution is -0.132. The molecule has 0 bridgehead atoms. The highest BCUT2D eigenvalue weighted by Gasteiger charge is 2.01. The van der Waals surface area contributed by atoms with Crippen LogP contribution in [0.15, 0.2) is 11.6 Å². The van der Waals surface area contributed by atoms with Crippen molar-refractivity contribution in [3.63, 3.8) is 0 Å². The van der Waals surface area contributed by atoms with Gasteiger partial charge in [-0.25, -0.2) is 4.79 Å². The Morgan fingerprint density at radius 1 is 1.70 bits per heavy atom. The Kier molecular flexibility index (Phi) is 3.72. The Morgan fingerprint density at radius 2 is 2.20 bits per heavy atom. The number of carboxylic acids is 1. The molecule has 0 saturated carbocycles. The van der Waals surface area contributed by atoms with Crippen molar-refractivity contribution in [2.24, 2.45) is 0 Å². The molecule has 10 heavy (non-hydrogen) atoms. The van der Waals surface area contributed by atoms with Crippen LogP contribution in [0.4, 0.5) is 0 Å². The number of methoxy groups -OCH3 is 1. The van der Waals surface area contributed by atoms with Gasteiger partial charge in [-0.2, -0.15) is 0 Å². The first-order valence-corrected chi connectivity index (χ1v) is 3.02. The molecule has 0 fully saturated rings. The number of rotatable bonds is 3. The van der Waals surface area contributed by atoms with Gasteiger partial charge < -0.3 is 9.84 Å². The normalized spacial score (nSPS) is 14.9. The second-order valence-electron chi connectivity index (χ2n) is 2.10. The van der Waals surface area contributed by atoms with Gasteiger partial charge in [0.15, 0.2) is 0 Å². The zero-order valence-corrected chi connectivity index (χ0v) is 6.42. The maximum atomic E-state index is 10.2. The highest BCUT2D eigenvalue weighted by molar-refractivity contribution is 5.85. The van der Waals surface area contributed by atoms with Crippen LogP contribution in [-0.2, 0) is 9.53 Å². The highest BCUT2D eigenvalue weighted by Crippen LogP contribution is 1.97. The SMILES string of the molecule is COC(C)C=C(C)C(=O)O. The van der Waals surface area contributed by atoms with E-state index in [-0.39, 0.29) is 6.10 Å². The van der Waals surface area contributed by atoms with Gasteiger partial charge in [-0.05, 0) is 19.9 Å². The van der Waals surface area contributed by atoms with E-state index in [1.807, 2.05) is 0 Å². The van der Waals surface area contributed by atoms with Crippen molar-refractivity contribution in [1.29, 1.82) is 0 Å². The first-order valence-electron chi connectivity index (χ1n) is 3.02. The second kappa shape index (κ2) is 4.06. The predicted octanol–water partition coefficient (Wildman–Crippen LogP) is 1.05. The van der Waals surface area contributed by atoms with Crippen LogP contribution in [0, 0.1) is 0 Å². The minimum absolute atomic E-state index is 0.129. The number of hydrogen-bond acceptors (Lipinski definition) is 2. The first kappa shape index (κ1) is 9.17. The van der Waals surface area contributed by atoms with Crippen molar-refractivity contribution in [2.75, 3.05) is 7.11 Å². The molecule has 0 aliphatic heterocycles. The van der Waals surface area contributed by atoms with E-state index in [1.54, 1.807) is 13.0 Å². The van der Waals surface area contributed by atoms with Gasteiger partial charge >= 0.3 is 5.97 Å². The van der Waals surface area contributed by atoms with E-state index in [4.69, 9.17) is 9.84 Å². The summed E-state index contributed by atoms with van der Waals surface area (Å²) in [5.74, 6) is -0.899. The van der Waals surface area contributed by atoms with Crippen molar-refractivity contribution in [2.45, 2.75) is 20.0 Å². The standard InChI is InChI=1S/C7H12O3/c1-5(7(8)9)4-6(2)10-3/h4,6H,1-3H3,(H,8,9). The molecule has 3 nitrogen and oxygen atoms in total. The summed E-state index contributed by atoms with van der Waals surface area (Å²) in [5, 5.41) is 8.40. The van der Waals surface area contributed by atoms with E-state index >= 15 is 0 Å². The van der Waals surface area contributed by atoms with Crippen LogP contribution in [0.3, 0.4) is 0 Å². The molecule has 0 aromatic carbocycles. The molecule has 0 saturated heterocycles. The van der Waals surface area contributed by atoms with Gasteiger partial charge in [-0.1, -0.05) is 0 Å². The molecule has 0 aliphatic carbocycles. The lowest BCUT2D eigenvalue weighted by Gasteiger charge is -2.02. The van der Waals surface area contributed by atoms with Gasteiger partial charge in [0.25, 0.3) is 0 Å². The van der Waals surface area contributed by atoms with Crippen LogP contribution >= 0.6 is 0 Å². The number of hydrogen-bond donors (Lipinski definition) is 1. The minimum atomic E-state index is -0.899. The number of aliphatic carboxylic acids is 1. The average Bonchev–Trinajstić information content (AvgIpc) is 1.87. The molecule has 1 unspecified atom stereocenters. The van der Waals surface area contributed by atoms with Gasteiger partial charge in [0.05, 0.1) is 6.10 Å². The molecule has 58 valence electrons. The third-order valence-electron chi connectivity index (χ3n) is 1.19. The molecule has 0 amide bonds. The maximum absolute atomic E-state index is 10.2. The van der Waals surface area contributed by atoms with Gasteiger partial charge in [-0.15, -0.1) is 0 Å². The van der Waals surface area contributed by atoms with Crippen LogP contribution < -0.4 is 0 Å². The summed E-state index contributed by atoms with van der Waals surface area (Å²) in [5.41, 5.74) is 0.314. The van der Waals surface area contributed by atoms with E-state index in [0.717, 1.165) is 0 Å². The molecule has 0 rings (SSSR count). The summed E-state index contributed by atoms with van der Waals surface area (Å²) in [6.45, 7) is 3.32. The van der Waals surface area contributed by atoms with Crippen LogP contribution in [-0.4, -0.2) is 24.3 Å². The molecule has 0 aromatic rings. The average molecular weight is 144 g/mol. The monoisotopic (exact) mass is 144 g/mol. The van der Waals surface area contributed by atoms with Gasteiger partial charge in [-0.3, -0.25) is 0 Å². The minimum Gasteiger partial charge on any atom is -0.478 e. The van der Waals surface area contributed by atoms with Crippen molar-refractivity contribution in [3.05, 3.63) is 11.6 Å². The fourth-order valence-corrected chi connectivity index (χ4v) is 0.491. The zero-order chi connectivity index (χ0) is 8.15. The number of carbonyl (C=O) groups is 1. The zero-order valence-electron chi connectivity index (χ0n) is 6.42. The Bertz CT molecular complexity index is 149. The Balaban J connectivity index is 4.02. The lowest BCUT2D eigenvalue weighted by atomic mass is 10.2. The van der Waals surface area contributed by atoms with Gasteiger partial charge in [0.1, 0.15) is 0 Å². The maximum Gasteiger partial charge on any atom is 0.331 e. The van der Waals surface area contributed by atoms with E-state index in [9.17, 15) is 4.79 Å². The molecule has 1 atom stereocenters. The second-order valence-corrected chi connectivity index (χ2v) is 2.10. The van der Waals surface area contributed by atoms with Gasteiger partial charge in [0, 0.05) is 12.7 Å². The smallest absolute Gasteiger partial charge is 0.331 e. The van der Waals surface area contributed by atoms with Gasteiger partial charge in [0.2, 0.25) is 0 Å². The molecule has 0 aromatic heterocycles. The number of ether oxygens (including phenoxy) is 1. The van der Waals surface area contributed by atoms with Crippen LogP contribution in [0.25, 0.3) is 0 Å². The van der Waals surface area contributed by atoms with Crippen molar-refractivity contribution in [1.82, 2.24) is 0 Å². The fourth-order valence-electron chi connectivity index (χ4n) is 0.491. The Morgan fingerprint density at radius 3 is 2.50 bits per heavy atom. The van der Waals surface area contributed by atoms with Crippen LogP contribution in [0.5, 0.6) is 0 Å². The summed E-state index contributed by atoms with van der Waals surface area (Å²) in [7, 11) is 1.54. The molecule has 0 radical (unpaired) electrons. The van der Waals surface area contributed by atoms with E-state index in [2.05, 4.69) is 0 Å². The highest BCUT2D eigenvalue weighted by atomic mass is 16.5. The Labute approximate surface area is 60.3 Å². The molecular formula is C7H12O3. The number of carboxylic acid groups (broad SMARTS) is 1. The molecule has 3 heteroatoms. The van der Waals surface area contributed by atoms with Crippen molar-refractivity contribution >= 4 is 5.97 Å². The summed E-state index contributed by atoms with van der Waals surface area (Å²) >= 11 is 0. The van der Waals surface area contributed by atoms with Crippen LogP contribution in [0.1, 0.15) is 13.8 Å². The fraction of sp³-hybridized carbons (Fsp3) is 0.571. The van der Waals surface area contributed by atoms with Crippen molar-refractivity contribution < 1.29 is 14.6 Å². The van der Waals surface area contributed by atoms with Crippen LogP contribution in [0.2, 0.25) is 0 Å². The largest absolute Gasteiger partial charge is 0.478 e. The van der Waals surface area contributed by atoms with E-state index in [1.165, 1.54) is 14.0 Å². The summed E-state index contributed by atoms with van der Waals surface area (Å²) in [6.07, 6.45) is 1.43. The first-order chi connectivity index (χ1) is 4.57. The summed E-state index contributed by atoms with van der Waals surface area (Å²) in [4.78, 5) is 10.2. The third kappa shape index (κ3) is 3.25. The summed E-state index contributed by atoms with van der Waals surface area (Å²) in [6, 6.07) is 0. The third-order valence-corrected chi connectivity index (χ3v) is 1.19. The molecule has 0 spiro atoms. The quantitative estimate of drug-likeness (QED) is 0.602. The summed E-state index contributed by atoms with van der Waals surface area (Å²) < 4.78 is 4.83. The molecule has 0 heterocycles. The van der Waals surface area contributed by atoms with E-state index < -0.39 is 5.97 Å². The van der Waals surface area contributed by atoms with E-state index in [0.29, 0.717) is 5.57 Å². The van der Waals surface area contributed by atoms with Crippen molar-refractivity contribution in [3.8, 4) is 0 Å².